The molecule has 1 aliphatic rings. The molecule has 0 bridgehead atoms. The van der Waals surface area contributed by atoms with Gasteiger partial charge in [0, 0.05) is 17.2 Å². The molecule has 2 atom stereocenters. The van der Waals surface area contributed by atoms with E-state index in [2.05, 4.69) is 18.3 Å². The van der Waals surface area contributed by atoms with E-state index in [1.165, 1.54) is 0 Å². The monoisotopic (exact) mass is 292 g/mol. The molecule has 110 valence electrons. The van der Waals surface area contributed by atoms with E-state index in [0.29, 0.717) is 22.6 Å². The predicted molar refractivity (Wildman–Crippen MR) is 84.1 cm³/mol. The van der Waals surface area contributed by atoms with E-state index in [0.717, 1.165) is 5.56 Å². The fraction of sp³-hybridized carbons (Fsp3) is 0.222. The van der Waals surface area contributed by atoms with Crippen molar-refractivity contribution in [2.24, 2.45) is 0 Å². The predicted octanol–water partition coefficient (Wildman–Crippen LogP) is 3.69. The van der Waals surface area contributed by atoms with E-state index in [1.54, 1.807) is 30.3 Å². The largest absolute Gasteiger partial charge is 0.489 e. The molecule has 1 N–H and O–H groups in total. The van der Waals surface area contributed by atoms with Crippen LogP contribution >= 0.6 is 0 Å². The SMILES string of the molecule is CC1Oc2c(C(=O)Nc3ccc(C#N)cc3)cccc2C1C. The van der Waals surface area contributed by atoms with Crippen molar-refractivity contribution in [2.45, 2.75) is 25.9 Å². The first kappa shape index (κ1) is 14.2. The highest BCUT2D eigenvalue weighted by Crippen LogP contribution is 2.40. The molecule has 2 aromatic carbocycles. The van der Waals surface area contributed by atoms with Crippen LogP contribution in [0.1, 0.15) is 41.3 Å². The molecule has 0 saturated carbocycles. The average molecular weight is 292 g/mol. The number of anilines is 1. The van der Waals surface area contributed by atoms with Crippen LogP contribution in [-0.4, -0.2) is 12.0 Å². The Morgan fingerprint density at radius 2 is 1.91 bits per heavy atom. The molecule has 0 fully saturated rings. The molecule has 1 aliphatic heterocycles. The lowest BCUT2D eigenvalue weighted by Gasteiger charge is -2.10. The average Bonchev–Trinajstić information content (AvgIpc) is 2.83. The zero-order valence-corrected chi connectivity index (χ0v) is 12.5. The Kier molecular flexibility index (Phi) is 3.56. The lowest BCUT2D eigenvalue weighted by molar-refractivity contribution is 0.102. The second-order valence-corrected chi connectivity index (χ2v) is 5.48. The highest BCUT2D eigenvalue weighted by Gasteiger charge is 2.31. The summed E-state index contributed by atoms with van der Waals surface area (Å²) in [4.78, 5) is 12.5. The fourth-order valence-electron chi connectivity index (χ4n) is 2.59. The van der Waals surface area contributed by atoms with Gasteiger partial charge in [0.05, 0.1) is 17.2 Å². The van der Waals surface area contributed by atoms with Crippen LogP contribution in [0.3, 0.4) is 0 Å². The van der Waals surface area contributed by atoms with Gasteiger partial charge < -0.3 is 10.1 Å². The third-order valence-corrected chi connectivity index (χ3v) is 4.06. The van der Waals surface area contributed by atoms with Crippen molar-refractivity contribution in [3.05, 3.63) is 59.2 Å². The van der Waals surface area contributed by atoms with Gasteiger partial charge in [-0.2, -0.15) is 5.26 Å². The van der Waals surface area contributed by atoms with Crippen molar-refractivity contribution in [1.82, 2.24) is 0 Å². The summed E-state index contributed by atoms with van der Waals surface area (Å²) in [7, 11) is 0. The molecule has 0 radical (unpaired) electrons. The van der Waals surface area contributed by atoms with Crippen molar-refractivity contribution in [3.63, 3.8) is 0 Å². The molecular formula is C18H16N2O2. The van der Waals surface area contributed by atoms with Gasteiger partial charge in [0.1, 0.15) is 11.9 Å². The summed E-state index contributed by atoms with van der Waals surface area (Å²) in [6, 6.07) is 14.5. The minimum absolute atomic E-state index is 0.0684. The number of rotatable bonds is 2. The maximum absolute atomic E-state index is 12.5. The van der Waals surface area contributed by atoms with Gasteiger partial charge >= 0.3 is 0 Å². The highest BCUT2D eigenvalue weighted by molar-refractivity contribution is 6.06. The van der Waals surface area contributed by atoms with Crippen molar-refractivity contribution < 1.29 is 9.53 Å². The molecule has 0 aliphatic carbocycles. The van der Waals surface area contributed by atoms with E-state index >= 15 is 0 Å². The maximum Gasteiger partial charge on any atom is 0.259 e. The van der Waals surface area contributed by atoms with Crippen LogP contribution in [0.15, 0.2) is 42.5 Å². The van der Waals surface area contributed by atoms with Crippen molar-refractivity contribution >= 4 is 11.6 Å². The van der Waals surface area contributed by atoms with E-state index in [1.807, 2.05) is 19.1 Å². The number of ether oxygens (including phenoxy) is 1. The summed E-state index contributed by atoms with van der Waals surface area (Å²) >= 11 is 0. The molecule has 0 spiro atoms. The number of hydrogen-bond acceptors (Lipinski definition) is 3. The molecule has 1 heterocycles. The van der Waals surface area contributed by atoms with Crippen LogP contribution < -0.4 is 10.1 Å². The minimum Gasteiger partial charge on any atom is -0.489 e. The number of para-hydroxylation sites is 1. The second-order valence-electron chi connectivity index (χ2n) is 5.48. The van der Waals surface area contributed by atoms with Gasteiger partial charge in [0.25, 0.3) is 5.91 Å². The number of fused-ring (bicyclic) bond motifs is 1. The van der Waals surface area contributed by atoms with Crippen LogP contribution in [0.4, 0.5) is 5.69 Å². The van der Waals surface area contributed by atoms with Crippen LogP contribution in [-0.2, 0) is 0 Å². The molecule has 3 rings (SSSR count). The number of nitrogens with zero attached hydrogens (tertiary/aromatic N) is 1. The molecule has 4 heteroatoms. The van der Waals surface area contributed by atoms with Gasteiger partial charge in [-0.25, -0.2) is 0 Å². The van der Waals surface area contributed by atoms with Gasteiger partial charge in [-0.15, -0.1) is 0 Å². The molecule has 4 nitrogen and oxygen atoms in total. The summed E-state index contributed by atoms with van der Waals surface area (Å²) in [6.45, 7) is 4.10. The second kappa shape index (κ2) is 5.53. The van der Waals surface area contributed by atoms with Crippen molar-refractivity contribution in [2.75, 3.05) is 5.32 Å². The molecule has 1 amide bonds. The quantitative estimate of drug-likeness (QED) is 0.918. The number of carbonyl (C=O) groups excluding carboxylic acids is 1. The molecule has 2 aromatic rings. The summed E-state index contributed by atoms with van der Waals surface area (Å²) in [6.07, 6.45) is 0.0684. The summed E-state index contributed by atoms with van der Waals surface area (Å²) < 4.78 is 5.84. The molecule has 0 aromatic heterocycles. The third-order valence-electron chi connectivity index (χ3n) is 4.06. The minimum atomic E-state index is -0.206. The van der Waals surface area contributed by atoms with Crippen LogP contribution in [0.25, 0.3) is 0 Å². The Morgan fingerprint density at radius 1 is 1.18 bits per heavy atom. The molecule has 22 heavy (non-hydrogen) atoms. The maximum atomic E-state index is 12.5. The van der Waals surface area contributed by atoms with Gasteiger partial charge in [0.2, 0.25) is 0 Å². The Bertz CT molecular complexity index is 760. The van der Waals surface area contributed by atoms with Gasteiger partial charge in [-0.1, -0.05) is 19.1 Å². The lowest BCUT2D eigenvalue weighted by atomic mass is 9.97. The van der Waals surface area contributed by atoms with Gasteiger partial charge in [-0.05, 0) is 37.3 Å². The number of benzene rings is 2. The summed E-state index contributed by atoms with van der Waals surface area (Å²) in [5.41, 5.74) is 2.82. The lowest BCUT2D eigenvalue weighted by Crippen LogP contribution is -2.14. The van der Waals surface area contributed by atoms with Crippen LogP contribution in [0.5, 0.6) is 5.75 Å². The number of amides is 1. The smallest absolute Gasteiger partial charge is 0.259 e. The number of nitriles is 1. The fourth-order valence-corrected chi connectivity index (χ4v) is 2.59. The highest BCUT2D eigenvalue weighted by atomic mass is 16.5. The Hall–Kier alpha value is -2.80. The number of carbonyl (C=O) groups is 1. The first-order chi connectivity index (χ1) is 10.6. The van der Waals surface area contributed by atoms with Gasteiger partial charge in [-0.3, -0.25) is 4.79 Å². The van der Waals surface area contributed by atoms with E-state index in [4.69, 9.17) is 10.00 Å². The van der Waals surface area contributed by atoms with E-state index in [-0.39, 0.29) is 17.9 Å². The molecule has 2 unspecified atom stereocenters. The Morgan fingerprint density at radius 3 is 2.59 bits per heavy atom. The zero-order valence-electron chi connectivity index (χ0n) is 12.5. The van der Waals surface area contributed by atoms with Crippen LogP contribution in [0.2, 0.25) is 0 Å². The first-order valence-corrected chi connectivity index (χ1v) is 7.21. The Labute approximate surface area is 129 Å². The first-order valence-electron chi connectivity index (χ1n) is 7.21. The summed E-state index contributed by atoms with van der Waals surface area (Å²) in [5, 5.41) is 11.6. The van der Waals surface area contributed by atoms with Crippen molar-refractivity contribution in [1.29, 1.82) is 5.26 Å². The topological polar surface area (TPSA) is 62.1 Å². The zero-order chi connectivity index (χ0) is 15.7. The van der Waals surface area contributed by atoms with E-state index in [9.17, 15) is 4.79 Å². The number of hydrogen-bond donors (Lipinski definition) is 1. The van der Waals surface area contributed by atoms with Crippen LogP contribution in [0, 0.1) is 11.3 Å². The molecule has 0 saturated heterocycles. The van der Waals surface area contributed by atoms with Gasteiger partial charge in [0.15, 0.2) is 0 Å². The Balaban J connectivity index is 1.86. The van der Waals surface area contributed by atoms with Crippen molar-refractivity contribution in [3.8, 4) is 11.8 Å². The molecular weight excluding hydrogens is 276 g/mol. The number of nitrogens with one attached hydrogen (secondary N) is 1. The third kappa shape index (κ3) is 2.42. The van der Waals surface area contributed by atoms with E-state index < -0.39 is 0 Å². The summed E-state index contributed by atoms with van der Waals surface area (Å²) in [5.74, 6) is 0.745. The standard InChI is InChI=1S/C18H16N2O2/c1-11-12(2)22-17-15(11)4-3-5-16(17)18(21)20-14-8-6-13(10-19)7-9-14/h3-9,11-12H,1-2H3,(H,20,21). The normalized spacial score (nSPS) is 19.0.